The predicted molar refractivity (Wildman–Crippen MR) is 110 cm³/mol. The Bertz CT molecular complexity index is 1060. The summed E-state index contributed by atoms with van der Waals surface area (Å²) in [6.45, 7) is -0.544. The molecule has 8 heteroatoms. The quantitative estimate of drug-likeness (QED) is 0.404. The molecule has 3 amide bonds. The highest BCUT2D eigenvalue weighted by atomic mass is 35.5. The van der Waals surface area contributed by atoms with Gasteiger partial charge in [-0.1, -0.05) is 23.8 Å². The molecule has 0 bridgehead atoms. The first-order valence-corrected chi connectivity index (χ1v) is 10.1. The van der Waals surface area contributed by atoms with E-state index in [2.05, 4.69) is 0 Å². The topological polar surface area (TPSA) is 74.8 Å². The smallest absolute Gasteiger partial charge is 0.273 e. The summed E-state index contributed by atoms with van der Waals surface area (Å²) in [7, 11) is 0. The van der Waals surface area contributed by atoms with Crippen molar-refractivity contribution in [1.29, 1.82) is 0 Å². The number of allylic oxidation sites excluding steroid dienone is 2. The van der Waals surface area contributed by atoms with Gasteiger partial charge in [-0.15, -0.1) is 0 Å². The van der Waals surface area contributed by atoms with Crippen molar-refractivity contribution in [1.82, 2.24) is 10.0 Å². The van der Waals surface area contributed by atoms with E-state index in [1.54, 1.807) is 0 Å². The molecule has 2 aliphatic rings. The van der Waals surface area contributed by atoms with Gasteiger partial charge in [0.2, 0.25) is 0 Å². The van der Waals surface area contributed by atoms with E-state index in [0.717, 1.165) is 22.2 Å². The van der Waals surface area contributed by atoms with Gasteiger partial charge in [-0.3, -0.25) is 19.2 Å². The van der Waals surface area contributed by atoms with Crippen LogP contribution in [0.4, 0.5) is 4.39 Å². The zero-order chi connectivity index (χ0) is 22.1. The van der Waals surface area contributed by atoms with E-state index in [1.165, 1.54) is 36.4 Å². The number of nitrogens with zero attached hydrogens (tertiary/aromatic N) is 2. The van der Waals surface area contributed by atoms with E-state index in [0.29, 0.717) is 17.9 Å². The summed E-state index contributed by atoms with van der Waals surface area (Å²) in [5.41, 5.74) is 0.332. The SMILES string of the molecule is O=C(CN(C(=O)c1ccc(Cl)cc1)N1C(=O)[C@H]2CC=CC[C@@H]2C1=O)c1ccc(F)cc1. The molecule has 1 aliphatic heterocycles. The average molecular weight is 441 g/mol. The van der Waals surface area contributed by atoms with Gasteiger partial charge in [-0.25, -0.2) is 9.40 Å². The van der Waals surface area contributed by atoms with E-state index in [9.17, 15) is 23.6 Å². The summed E-state index contributed by atoms with van der Waals surface area (Å²) in [5, 5.41) is 2.11. The maximum atomic E-state index is 13.3. The first-order valence-electron chi connectivity index (χ1n) is 9.75. The second kappa shape index (κ2) is 8.43. The lowest BCUT2D eigenvalue weighted by molar-refractivity contribution is -0.154. The van der Waals surface area contributed by atoms with Gasteiger partial charge in [-0.2, -0.15) is 5.01 Å². The molecule has 0 aromatic heterocycles. The molecular formula is C23H18ClFN2O4. The fourth-order valence-electron chi connectivity index (χ4n) is 3.86. The first-order chi connectivity index (χ1) is 14.9. The zero-order valence-electron chi connectivity index (χ0n) is 16.3. The van der Waals surface area contributed by atoms with Crippen molar-refractivity contribution in [2.75, 3.05) is 6.54 Å². The normalized spacial score (nSPS) is 20.0. The van der Waals surface area contributed by atoms with E-state index in [4.69, 9.17) is 11.6 Å². The lowest BCUT2D eigenvalue weighted by atomic mass is 9.85. The molecule has 0 radical (unpaired) electrons. The number of hydrogen-bond acceptors (Lipinski definition) is 4. The van der Waals surface area contributed by atoms with Crippen molar-refractivity contribution in [3.63, 3.8) is 0 Å². The Morgan fingerprint density at radius 1 is 0.903 bits per heavy atom. The van der Waals surface area contributed by atoms with Crippen molar-refractivity contribution in [2.45, 2.75) is 12.8 Å². The van der Waals surface area contributed by atoms with Crippen LogP contribution in [-0.4, -0.2) is 40.1 Å². The van der Waals surface area contributed by atoms with E-state index in [1.807, 2.05) is 12.2 Å². The lowest BCUT2D eigenvalue weighted by Crippen LogP contribution is -2.52. The van der Waals surface area contributed by atoms with Gasteiger partial charge in [-0.05, 0) is 61.4 Å². The number of carbonyl (C=O) groups excluding carboxylic acids is 4. The highest BCUT2D eigenvalue weighted by molar-refractivity contribution is 6.30. The molecule has 1 aliphatic carbocycles. The van der Waals surface area contributed by atoms with Crippen LogP contribution in [0, 0.1) is 17.7 Å². The van der Waals surface area contributed by atoms with Crippen molar-refractivity contribution >= 4 is 35.1 Å². The Kier molecular flexibility index (Phi) is 5.69. The standard InChI is InChI=1S/C23H18ClFN2O4/c24-16-9-5-15(6-10-16)21(29)26(13-20(28)14-7-11-17(25)12-8-14)27-22(30)18-3-1-2-4-19(18)23(27)31/h1-2,5-12,18-19H,3-4,13H2/t18-,19-/m0/s1. The summed E-state index contributed by atoms with van der Waals surface area (Å²) in [6.07, 6.45) is 4.48. The van der Waals surface area contributed by atoms with Crippen LogP contribution in [0.2, 0.25) is 5.02 Å². The first kappa shape index (κ1) is 20.9. The predicted octanol–water partition coefficient (Wildman–Crippen LogP) is 3.67. The summed E-state index contributed by atoms with van der Waals surface area (Å²) in [6, 6.07) is 10.8. The molecule has 0 unspecified atom stereocenters. The van der Waals surface area contributed by atoms with Gasteiger partial charge in [0.25, 0.3) is 17.7 Å². The van der Waals surface area contributed by atoms with Crippen LogP contribution >= 0.6 is 11.6 Å². The van der Waals surface area contributed by atoms with Gasteiger partial charge in [0.05, 0.1) is 11.8 Å². The Balaban J connectivity index is 1.68. The summed E-state index contributed by atoms with van der Waals surface area (Å²) in [4.78, 5) is 52.2. The van der Waals surface area contributed by atoms with Gasteiger partial charge >= 0.3 is 0 Å². The van der Waals surface area contributed by atoms with Crippen LogP contribution in [0.1, 0.15) is 33.6 Å². The number of hydrogen-bond donors (Lipinski definition) is 0. The number of hydrazine groups is 1. The number of rotatable bonds is 5. The number of amides is 3. The van der Waals surface area contributed by atoms with Crippen LogP contribution < -0.4 is 0 Å². The lowest BCUT2D eigenvalue weighted by Gasteiger charge is -2.30. The van der Waals surface area contributed by atoms with Crippen molar-refractivity contribution in [3.05, 3.63) is 82.6 Å². The van der Waals surface area contributed by atoms with E-state index in [-0.39, 0.29) is 11.1 Å². The molecule has 1 fully saturated rings. The average Bonchev–Trinajstić information content (AvgIpc) is 3.03. The minimum absolute atomic E-state index is 0.161. The second-order valence-electron chi connectivity index (χ2n) is 7.44. The number of carbonyl (C=O) groups is 4. The minimum atomic E-state index is -0.680. The maximum absolute atomic E-state index is 13.3. The number of imide groups is 1. The van der Waals surface area contributed by atoms with Gasteiger partial charge in [0, 0.05) is 16.1 Å². The molecule has 31 heavy (non-hydrogen) atoms. The van der Waals surface area contributed by atoms with Gasteiger partial charge in [0.15, 0.2) is 5.78 Å². The minimum Gasteiger partial charge on any atom is -0.292 e. The molecular weight excluding hydrogens is 423 g/mol. The van der Waals surface area contributed by atoms with Gasteiger partial charge in [0.1, 0.15) is 12.4 Å². The Morgan fingerprint density at radius 3 is 1.97 bits per heavy atom. The number of ketones is 1. The molecule has 2 atom stereocenters. The van der Waals surface area contributed by atoms with E-state index < -0.39 is 47.7 Å². The van der Waals surface area contributed by atoms with Crippen molar-refractivity contribution in [2.24, 2.45) is 11.8 Å². The highest BCUT2D eigenvalue weighted by Gasteiger charge is 2.51. The third-order valence-electron chi connectivity index (χ3n) is 5.51. The van der Waals surface area contributed by atoms with Crippen LogP contribution in [0.15, 0.2) is 60.7 Å². The molecule has 0 saturated carbocycles. The number of fused-ring (bicyclic) bond motifs is 1. The summed E-state index contributed by atoms with van der Waals surface area (Å²) < 4.78 is 13.2. The Morgan fingerprint density at radius 2 is 1.42 bits per heavy atom. The third-order valence-corrected chi connectivity index (χ3v) is 5.76. The molecule has 158 valence electrons. The molecule has 1 heterocycles. The summed E-state index contributed by atoms with van der Waals surface area (Å²) >= 11 is 5.89. The zero-order valence-corrected chi connectivity index (χ0v) is 17.1. The van der Waals surface area contributed by atoms with Gasteiger partial charge < -0.3 is 0 Å². The van der Waals surface area contributed by atoms with Crippen molar-refractivity contribution < 1.29 is 23.6 Å². The maximum Gasteiger partial charge on any atom is 0.273 e. The fourth-order valence-corrected chi connectivity index (χ4v) is 3.98. The Hall–Kier alpha value is -3.32. The highest BCUT2D eigenvalue weighted by Crippen LogP contribution is 2.36. The molecule has 2 aromatic rings. The number of halogens is 2. The third kappa shape index (κ3) is 4.01. The van der Waals surface area contributed by atoms with E-state index >= 15 is 0 Å². The summed E-state index contributed by atoms with van der Waals surface area (Å²) in [5.74, 6) is -3.84. The molecule has 1 saturated heterocycles. The van der Waals surface area contributed by atoms with Crippen LogP contribution in [0.3, 0.4) is 0 Å². The molecule has 0 N–H and O–H groups in total. The molecule has 0 spiro atoms. The fraction of sp³-hybridized carbons (Fsp3) is 0.217. The number of benzene rings is 2. The molecule has 2 aromatic carbocycles. The Labute approximate surface area is 182 Å². The van der Waals surface area contributed by atoms with Crippen molar-refractivity contribution in [3.8, 4) is 0 Å². The monoisotopic (exact) mass is 440 g/mol. The second-order valence-corrected chi connectivity index (χ2v) is 7.88. The van der Waals surface area contributed by atoms with Crippen LogP contribution in [-0.2, 0) is 9.59 Å². The number of Topliss-reactive ketones (excluding diaryl/α,β-unsaturated/α-hetero) is 1. The van der Waals surface area contributed by atoms with Crippen LogP contribution in [0.25, 0.3) is 0 Å². The molecule has 4 rings (SSSR count). The largest absolute Gasteiger partial charge is 0.292 e. The van der Waals surface area contributed by atoms with Crippen LogP contribution in [0.5, 0.6) is 0 Å². The molecule has 6 nitrogen and oxygen atoms in total.